The van der Waals surface area contributed by atoms with Gasteiger partial charge in [0.15, 0.2) is 5.82 Å². The van der Waals surface area contributed by atoms with E-state index in [1.807, 2.05) is 11.9 Å². The van der Waals surface area contributed by atoms with Crippen LogP contribution in [0.1, 0.15) is 10.4 Å². The number of pyridine rings is 1. The van der Waals surface area contributed by atoms with Crippen LogP contribution in [0, 0.1) is 23.5 Å². The van der Waals surface area contributed by atoms with Gasteiger partial charge in [0, 0.05) is 62.9 Å². The van der Waals surface area contributed by atoms with E-state index >= 15 is 0 Å². The minimum Gasteiger partial charge on any atom is -0.342 e. The third-order valence-corrected chi connectivity index (χ3v) is 6.46. The number of halogens is 2. The Morgan fingerprint density at radius 3 is 2.53 bits per heavy atom. The van der Waals surface area contributed by atoms with E-state index in [0.29, 0.717) is 19.0 Å². The summed E-state index contributed by atoms with van der Waals surface area (Å²) in [5.74, 6) is -0.547. The molecule has 2 aromatic heterocycles. The van der Waals surface area contributed by atoms with Gasteiger partial charge >= 0.3 is 0 Å². The summed E-state index contributed by atoms with van der Waals surface area (Å²) in [6.07, 6.45) is 2.54. The summed E-state index contributed by atoms with van der Waals surface area (Å²) in [6, 6.07) is 8.86. The SMILES string of the molecule is CN(c1nc(-c2ccncc2F)cc(=O)n1C)[C@H]1[C@@H]2CN(C(=O)c3ccccc3F)C[C@@H]21. The van der Waals surface area contributed by atoms with Gasteiger partial charge in [0.05, 0.1) is 17.5 Å². The number of anilines is 1. The molecular formula is C23H21F2N5O2. The fourth-order valence-electron chi connectivity index (χ4n) is 4.74. The van der Waals surface area contributed by atoms with Crippen molar-refractivity contribution in [1.29, 1.82) is 0 Å². The number of nitrogens with zero attached hydrogens (tertiary/aromatic N) is 5. The number of likely N-dealkylation sites (tertiary alicyclic amines) is 1. The average Bonchev–Trinajstić information content (AvgIpc) is 3.28. The first-order chi connectivity index (χ1) is 15.4. The van der Waals surface area contributed by atoms with Crippen LogP contribution in [-0.2, 0) is 7.05 Å². The zero-order valence-corrected chi connectivity index (χ0v) is 17.6. The normalized spacial score (nSPS) is 21.4. The van der Waals surface area contributed by atoms with Crippen molar-refractivity contribution in [3.05, 3.63) is 76.3 Å². The van der Waals surface area contributed by atoms with E-state index in [2.05, 4.69) is 9.97 Å². The van der Waals surface area contributed by atoms with Crippen LogP contribution in [0.4, 0.5) is 14.7 Å². The number of carbonyl (C=O) groups is 1. The number of piperidine rings is 1. The van der Waals surface area contributed by atoms with Crippen LogP contribution < -0.4 is 10.5 Å². The molecular weight excluding hydrogens is 416 g/mol. The first-order valence-electron chi connectivity index (χ1n) is 10.3. The largest absolute Gasteiger partial charge is 0.342 e. The Bertz CT molecular complexity index is 1270. The Morgan fingerprint density at radius 2 is 1.84 bits per heavy atom. The van der Waals surface area contributed by atoms with Gasteiger partial charge < -0.3 is 9.80 Å². The van der Waals surface area contributed by atoms with Crippen LogP contribution in [0.5, 0.6) is 0 Å². The zero-order valence-electron chi connectivity index (χ0n) is 17.6. The van der Waals surface area contributed by atoms with Crippen LogP contribution >= 0.6 is 0 Å². The second-order valence-corrected chi connectivity index (χ2v) is 8.31. The molecule has 1 saturated heterocycles. The zero-order chi connectivity index (χ0) is 22.6. The highest BCUT2D eigenvalue weighted by Crippen LogP contribution is 2.49. The van der Waals surface area contributed by atoms with Gasteiger partial charge in [-0.2, -0.15) is 0 Å². The van der Waals surface area contributed by atoms with Crippen LogP contribution in [0.3, 0.4) is 0 Å². The van der Waals surface area contributed by atoms with E-state index in [4.69, 9.17) is 0 Å². The lowest BCUT2D eigenvalue weighted by atomic mass is 10.2. The van der Waals surface area contributed by atoms with Crippen molar-refractivity contribution in [2.24, 2.45) is 18.9 Å². The van der Waals surface area contributed by atoms with Crippen molar-refractivity contribution in [2.45, 2.75) is 6.04 Å². The number of fused-ring (bicyclic) bond motifs is 1. The highest BCUT2D eigenvalue weighted by Gasteiger charge is 2.59. The van der Waals surface area contributed by atoms with Crippen LogP contribution in [0.2, 0.25) is 0 Å². The molecule has 3 aromatic rings. The third kappa shape index (κ3) is 3.24. The van der Waals surface area contributed by atoms with Crippen molar-refractivity contribution < 1.29 is 13.6 Å². The topological polar surface area (TPSA) is 71.3 Å². The van der Waals surface area contributed by atoms with E-state index in [9.17, 15) is 18.4 Å². The molecule has 0 unspecified atom stereocenters. The lowest BCUT2D eigenvalue weighted by Gasteiger charge is -2.26. The minimum absolute atomic E-state index is 0.0786. The molecule has 32 heavy (non-hydrogen) atoms. The van der Waals surface area contributed by atoms with Gasteiger partial charge in [-0.25, -0.2) is 13.8 Å². The number of rotatable bonds is 4. The van der Waals surface area contributed by atoms with Gasteiger partial charge in [0.2, 0.25) is 5.95 Å². The summed E-state index contributed by atoms with van der Waals surface area (Å²) in [5.41, 5.74) is 0.243. The Hall–Kier alpha value is -3.62. The van der Waals surface area contributed by atoms with Crippen molar-refractivity contribution in [3.63, 3.8) is 0 Å². The molecule has 0 N–H and O–H groups in total. The summed E-state index contributed by atoms with van der Waals surface area (Å²) in [4.78, 5) is 37.1. The van der Waals surface area contributed by atoms with Crippen molar-refractivity contribution in [1.82, 2.24) is 19.4 Å². The van der Waals surface area contributed by atoms with Crippen molar-refractivity contribution in [2.75, 3.05) is 25.0 Å². The van der Waals surface area contributed by atoms with Gasteiger partial charge in [-0.1, -0.05) is 12.1 Å². The molecule has 1 saturated carbocycles. The molecule has 0 spiro atoms. The van der Waals surface area contributed by atoms with E-state index in [0.717, 1.165) is 6.20 Å². The first-order valence-corrected chi connectivity index (χ1v) is 10.3. The van der Waals surface area contributed by atoms with E-state index in [1.165, 1.54) is 35.0 Å². The molecule has 1 aliphatic heterocycles. The molecule has 5 rings (SSSR count). The minimum atomic E-state index is -0.549. The van der Waals surface area contributed by atoms with Crippen LogP contribution in [0.25, 0.3) is 11.3 Å². The standard InChI is InChI=1S/C23H21F2N5O2/c1-28-20(31)9-19(13-7-8-26-10-18(13)25)27-23(28)29(2)21-15-11-30(12-16(15)21)22(32)14-5-3-4-6-17(14)24/h3-10,15-16,21H,11-12H2,1-2H3/t15-,16+,21+. The number of amides is 1. The maximum atomic E-state index is 14.2. The van der Waals surface area contributed by atoms with Crippen LogP contribution in [-0.4, -0.2) is 51.5 Å². The summed E-state index contributed by atoms with van der Waals surface area (Å²) >= 11 is 0. The second-order valence-electron chi connectivity index (χ2n) is 8.31. The lowest BCUT2D eigenvalue weighted by Crippen LogP contribution is -2.38. The second kappa shape index (κ2) is 7.51. The van der Waals surface area contributed by atoms with E-state index in [-0.39, 0.29) is 46.2 Å². The van der Waals surface area contributed by atoms with E-state index in [1.54, 1.807) is 24.1 Å². The molecule has 164 valence electrons. The van der Waals surface area contributed by atoms with E-state index < -0.39 is 11.6 Å². The van der Waals surface area contributed by atoms with Gasteiger partial charge in [-0.3, -0.25) is 19.1 Å². The smallest absolute Gasteiger partial charge is 0.256 e. The first kappa shape index (κ1) is 20.3. The molecule has 1 amide bonds. The number of hydrogen-bond donors (Lipinski definition) is 0. The lowest BCUT2D eigenvalue weighted by molar-refractivity contribution is 0.0768. The Labute approximate surface area is 182 Å². The Balaban J connectivity index is 1.36. The fraction of sp³-hybridized carbons (Fsp3) is 0.304. The molecule has 7 nitrogen and oxygen atoms in total. The van der Waals surface area contributed by atoms with Crippen molar-refractivity contribution >= 4 is 11.9 Å². The Kier molecular flexibility index (Phi) is 4.76. The molecule has 2 aliphatic rings. The quantitative estimate of drug-likeness (QED) is 0.627. The number of benzene rings is 1. The van der Waals surface area contributed by atoms with Gasteiger partial charge in [0.25, 0.3) is 11.5 Å². The van der Waals surface area contributed by atoms with Gasteiger partial charge in [-0.05, 0) is 18.2 Å². The summed E-state index contributed by atoms with van der Waals surface area (Å²) in [7, 11) is 3.47. The highest BCUT2D eigenvalue weighted by molar-refractivity contribution is 5.94. The monoisotopic (exact) mass is 437 g/mol. The third-order valence-electron chi connectivity index (χ3n) is 6.46. The fourth-order valence-corrected chi connectivity index (χ4v) is 4.74. The summed E-state index contributed by atoms with van der Waals surface area (Å²) in [5, 5.41) is 0. The molecule has 9 heteroatoms. The molecule has 1 aliphatic carbocycles. The van der Waals surface area contributed by atoms with Gasteiger partial charge in [0.1, 0.15) is 5.82 Å². The molecule has 0 bridgehead atoms. The van der Waals surface area contributed by atoms with Gasteiger partial charge in [-0.15, -0.1) is 0 Å². The average molecular weight is 437 g/mol. The maximum Gasteiger partial charge on any atom is 0.256 e. The van der Waals surface area contributed by atoms with Crippen LogP contribution in [0.15, 0.2) is 53.6 Å². The highest BCUT2D eigenvalue weighted by atomic mass is 19.1. The maximum absolute atomic E-state index is 14.2. The Morgan fingerprint density at radius 1 is 1.12 bits per heavy atom. The molecule has 3 heterocycles. The summed E-state index contributed by atoms with van der Waals surface area (Å²) in [6.45, 7) is 1.03. The predicted molar refractivity (Wildman–Crippen MR) is 114 cm³/mol. The van der Waals surface area contributed by atoms with Crippen molar-refractivity contribution in [3.8, 4) is 11.3 Å². The summed E-state index contributed by atoms with van der Waals surface area (Å²) < 4.78 is 29.6. The molecule has 0 radical (unpaired) electrons. The number of carbonyl (C=O) groups excluding carboxylic acids is 1. The predicted octanol–water partition coefficient (Wildman–Crippen LogP) is 2.33. The number of aromatic nitrogens is 3. The molecule has 2 fully saturated rings. The molecule has 3 atom stereocenters. The number of hydrogen-bond acceptors (Lipinski definition) is 5. The molecule has 1 aromatic carbocycles.